The van der Waals surface area contributed by atoms with Gasteiger partial charge in [0.2, 0.25) is 0 Å². The molecule has 1 aliphatic heterocycles. The average Bonchev–Trinajstić information content (AvgIpc) is 2.71. The lowest BCUT2D eigenvalue weighted by atomic mass is 9.57. The largest absolute Gasteiger partial charge is 0.507 e. The third kappa shape index (κ3) is 2.68. The van der Waals surface area contributed by atoms with E-state index < -0.39 is 11.7 Å². The van der Waals surface area contributed by atoms with Crippen LogP contribution in [0.2, 0.25) is 0 Å². The van der Waals surface area contributed by atoms with Gasteiger partial charge in [-0.1, -0.05) is 44.2 Å². The first-order valence-electron chi connectivity index (χ1n) is 10.5. The zero-order valence-corrected chi connectivity index (χ0v) is 17.4. The van der Waals surface area contributed by atoms with E-state index in [2.05, 4.69) is 0 Å². The molecule has 1 saturated carbocycles. The molecule has 3 aromatic rings. The Morgan fingerprint density at radius 3 is 2.57 bits per heavy atom. The average molecular weight is 406 g/mol. The van der Waals surface area contributed by atoms with Crippen molar-refractivity contribution >= 4 is 11.0 Å². The molecule has 1 aliphatic carbocycles. The van der Waals surface area contributed by atoms with Crippen LogP contribution in [0.25, 0.3) is 22.3 Å². The number of benzene rings is 2. The van der Waals surface area contributed by atoms with Crippen molar-refractivity contribution in [1.82, 2.24) is 0 Å². The highest BCUT2D eigenvalue weighted by Gasteiger charge is 2.55. The maximum absolute atomic E-state index is 13.1. The minimum atomic E-state index is -0.527. The fraction of sp³-hybridized carbons (Fsp3) is 0.400. The van der Waals surface area contributed by atoms with Crippen LogP contribution in [0.15, 0.2) is 51.7 Å². The molecule has 2 heterocycles. The van der Waals surface area contributed by atoms with E-state index in [0.717, 1.165) is 5.56 Å². The molecule has 1 fully saturated rings. The smallest absolute Gasteiger partial charge is 0.197 e. The summed E-state index contributed by atoms with van der Waals surface area (Å²) in [6.45, 7) is 6.14. The standard InChI is InChI=1S/C25H26O5/c1-24(2)20-11-15-16(26)12-19-22(23(15)30-25(20,3)10-9-21(24)28)17(27)13-18(29-19)14-7-5-4-6-8-14/h4-8,12-13,20-21,26,28H,9-11H2,1-3H3/t20-,21-,25-/m1/s1. The summed E-state index contributed by atoms with van der Waals surface area (Å²) in [5.74, 6) is 0.947. The summed E-state index contributed by atoms with van der Waals surface area (Å²) in [6, 6.07) is 12.4. The number of fused-ring (bicyclic) bond motifs is 4. The quantitative estimate of drug-likeness (QED) is 0.615. The highest BCUT2D eigenvalue weighted by Crippen LogP contribution is 2.55. The molecule has 2 aromatic carbocycles. The molecule has 2 N–H and O–H groups in total. The molecule has 5 nitrogen and oxygen atoms in total. The lowest BCUT2D eigenvalue weighted by molar-refractivity contribution is -0.137. The highest BCUT2D eigenvalue weighted by atomic mass is 16.5. The third-order valence-electron chi connectivity index (χ3n) is 7.26. The Morgan fingerprint density at radius 2 is 1.83 bits per heavy atom. The van der Waals surface area contributed by atoms with Crippen molar-refractivity contribution in [3.63, 3.8) is 0 Å². The molecule has 0 radical (unpaired) electrons. The van der Waals surface area contributed by atoms with Crippen LogP contribution < -0.4 is 10.2 Å². The molecular weight excluding hydrogens is 380 g/mol. The number of aliphatic hydroxyl groups is 1. The van der Waals surface area contributed by atoms with E-state index in [1.165, 1.54) is 12.1 Å². The molecule has 0 spiro atoms. The Morgan fingerprint density at radius 1 is 1.10 bits per heavy atom. The zero-order chi connectivity index (χ0) is 21.3. The lowest BCUT2D eigenvalue weighted by Crippen LogP contribution is -2.58. The molecule has 3 atom stereocenters. The first-order chi connectivity index (χ1) is 14.2. The number of hydrogen-bond donors (Lipinski definition) is 2. The van der Waals surface area contributed by atoms with E-state index in [1.807, 2.05) is 51.1 Å². The SMILES string of the molecule is CC1(C)[C@H](O)CC[C@@]2(C)Oc3c(c(O)cc4oc(-c5ccccc5)cc(=O)c34)C[C@H]12. The zero-order valence-electron chi connectivity index (χ0n) is 17.4. The Hall–Kier alpha value is -2.79. The van der Waals surface area contributed by atoms with Crippen molar-refractivity contribution in [3.05, 3.63) is 58.3 Å². The summed E-state index contributed by atoms with van der Waals surface area (Å²) in [5, 5.41) is 21.8. The predicted molar refractivity (Wildman–Crippen MR) is 115 cm³/mol. The van der Waals surface area contributed by atoms with Crippen LogP contribution in [-0.2, 0) is 6.42 Å². The molecule has 0 unspecified atom stereocenters. The fourth-order valence-corrected chi connectivity index (χ4v) is 5.40. The normalized spacial score (nSPS) is 27.2. The second kappa shape index (κ2) is 6.35. The predicted octanol–water partition coefficient (Wildman–Crippen LogP) is 4.66. The van der Waals surface area contributed by atoms with Gasteiger partial charge in [-0.05, 0) is 31.6 Å². The third-order valence-corrected chi connectivity index (χ3v) is 7.26. The Labute approximate surface area is 174 Å². The van der Waals surface area contributed by atoms with Gasteiger partial charge in [0.25, 0.3) is 0 Å². The summed E-state index contributed by atoms with van der Waals surface area (Å²) >= 11 is 0. The molecule has 0 amide bonds. The molecule has 5 heteroatoms. The molecule has 5 rings (SSSR count). The monoisotopic (exact) mass is 406 g/mol. The van der Waals surface area contributed by atoms with Crippen LogP contribution >= 0.6 is 0 Å². The van der Waals surface area contributed by atoms with Crippen LogP contribution in [0.1, 0.15) is 39.2 Å². The molecular formula is C25H26O5. The van der Waals surface area contributed by atoms with Gasteiger partial charge < -0.3 is 19.4 Å². The van der Waals surface area contributed by atoms with Crippen LogP contribution in [0, 0.1) is 11.3 Å². The van der Waals surface area contributed by atoms with Gasteiger partial charge in [-0.15, -0.1) is 0 Å². The summed E-state index contributed by atoms with van der Waals surface area (Å²) in [7, 11) is 0. The van der Waals surface area contributed by atoms with E-state index in [9.17, 15) is 15.0 Å². The van der Waals surface area contributed by atoms with Gasteiger partial charge in [-0.3, -0.25) is 4.79 Å². The van der Waals surface area contributed by atoms with E-state index in [1.54, 1.807) is 0 Å². The van der Waals surface area contributed by atoms with Crippen molar-refractivity contribution in [2.45, 2.75) is 51.7 Å². The number of ether oxygens (including phenoxy) is 1. The minimum Gasteiger partial charge on any atom is -0.507 e. The van der Waals surface area contributed by atoms with Gasteiger partial charge in [-0.2, -0.15) is 0 Å². The molecule has 156 valence electrons. The second-order valence-corrected chi connectivity index (χ2v) is 9.46. The first-order valence-corrected chi connectivity index (χ1v) is 10.5. The molecule has 0 bridgehead atoms. The Bertz CT molecular complexity index is 1190. The van der Waals surface area contributed by atoms with Crippen LogP contribution in [0.5, 0.6) is 11.5 Å². The van der Waals surface area contributed by atoms with Gasteiger partial charge in [0, 0.05) is 29.2 Å². The van der Waals surface area contributed by atoms with E-state index in [4.69, 9.17) is 9.15 Å². The number of hydrogen-bond acceptors (Lipinski definition) is 5. The van der Waals surface area contributed by atoms with Gasteiger partial charge >= 0.3 is 0 Å². The van der Waals surface area contributed by atoms with Crippen molar-refractivity contribution in [2.75, 3.05) is 0 Å². The summed E-state index contributed by atoms with van der Waals surface area (Å²) < 4.78 is 12.5. The molecule has 0 saturated heterocycles. The second-order valence-electron chi connectivity index (χ2n) is 9.46. The van der Waals surface area contributed by atoms with E-state index >= 15 is 0 Å². The topological polar surface area (TPSA) is 79.9 Å². The fourth-order valence-electron chi connectivity index (χ4n) is 5.40. The Kier molecular flexibility index (Phi) is 4.06. The van der Waals surface area contributed by atoms with Crippen LogP contribution in [-0.4, -0.2) is 21.9 Å². The Balaban J connectivity index is 1.71. The van der Waals surface area contributed by atoms with Crippen molar-refractivity contribution in [3.8, 4) is 22.8 Å². The summed E-state index contributed by atoms with van der Waals surface area (Å²) in [6.07, 6.45) is 1.43. The number of phenolic OH excluding ortho intramolecular Hbond substituents is 1. The lowest BCUT2D eigenvalue weighted by Gasteiger charge is -2.55. The highest BCUT2D eigenvalue weighted by molar-refractivity contribution is 5.88. The van der Waals surface area contributed by atoms with Crippen molar-refractivity contribution < 1.29 is 19.4 Å². The van der Waals surface area contributed by atoms with Crippen molar-refractivity contribution in [1.29, 1.82) is 0 Å². The number of aromatic hydroxyl groups is 1. The van der Waals surface area contributed by atoms with E-state index in [0.29, 0.717) is 47.3 Å². The maximum atomic E-state index is 13.1. The van der Waals surface area contributed by atoms with E-state index in [-0.39, 0.29) is 22.5 Å². The molecule has 2 aliphatic rings. The van der Waals surface area contributed by atoms with Crippen LogP contribution in [0.4, 0.5) is 0 Å². The van der Waals surface area contributed by atoms with Gasteiger partial charge in [0.15, 0.2) is 5.43 Å². The van der Waals surface area contributed by atoms with Gasteiger partial charge in [0.05, 0.1) is 6.10 Å². The minimum absolute atomic E-state index is 0.0141. The van der Waals surface area contributed by atoms with Crippen molar-refractivity contribution in [2.24, 2.45) is 11.3 Å². The summed E-state index contributed by atoms with van der Waals surface area (Å²) in [4.78, 5) is 13.1. The van der Waals surface area contributed by atoms with Crippen LogP contribution in [0.3, 0.4) is 0 Å². The number of rotatable bonds is 1. The maximum Gasteiger partial charge on any atom is 0.197 e. The molecule has 1 aromatic heterocycles. The molecule has 30 heavy (non-hydrogen) atoms. The number of phenols is 1. The van der Waals surface area contributed by atoms with Gasteiger partial charge in [0.1, 0.15) is 33.8 Å². The summed E-state index contributed by atoms with van der Waals surface area (Å²) in [5.41, 5.74) is 0.643. The number of aliphatic hydroxyl groups excluding tert-OH is 1. The first kappa shape index (κ1) is 19.2. The van der Waals surface area contributed by atoms with Gasteiger partial charge in [-0.25, -0.2) is 0 Å².